The Hall–Kier alpha value is -1.90. The number of aliphatic hydroxyl groups is 11. The highest BCUT2D eigenvalue weighted by molar-refractivity contribution is 5.79. The number of carbonyl (C=O) groups is 1. The first-order valence-electron chi connectivity index (χ1n) is 12.9. The number of ether oxygens (including phenoxy) is 5. The van der Waals surface area contributed by atoms with Crippen molar-refractivity contribution < 1.29 is 89.8 Å². The lowest BCUT2D eigenvalue weighted by molar-refractivity contribution is -0.377. The van der Waals surface area contributed by atoms with Crippen LogP contribution in [0.3, 0.4) is 0 Å². The van der Waals surface area contributed by atoms with Crippen LogP contribution in [0, 0.1) is 5.41 Å². The van der Waals surface area contributed by atoms with E-state index in [0.29, 0.717) is 0 Å². The number of nitrogens with one attached hydrogen (secondary N) is 1. The molecule has 0 aromatic carbocycles. The molecule has 0 aliphatic carbocycles. The number of hydrogen-bond acceptors (Lipinski definition) is 18. The van der Waals surface area contributed by atoms with Crippen LogP contribution in [0.15, 0.2) is 0 Å². The third kappa shape index (κ3) is 9.07. The number of carboxylic acids is 1. The van der Waals surface area contributed by atoms with Crippen molar-refractivity contribution in [3.8, 4) is 0 Å². The zero-order valence-corrected chi connectivity index (χ0v) is 22.8. The van der Waals surface area contributed by atoms with Crippen molar-refractivity contribution in [1.29, 1.82) is 5.41 Å². The molecule has 15 atom stereocenters. The van der Waals surface area contributed by atoms with E-state index in [1.165, 1.54) is 7.05 Å². The molecule has 6 unspecified atom stereocenters. The third-order valence-electron chi connectivity index (χ3n) is 6.87. The molecule has 43 heavy (non-hydrogen) atoms. The number of rotatable bonds is 9. The minimum Gasteiger partial charge on any atom is -0.480 e. The second kappa shape index (κ2) is 16.4. The highest BCUT2D eigenvalue weighted by Gasteiger charge is 2.53. The molecule has 0 spiro atoms. The Balaban J connectivity index is 0.000000621. The molecule has 21 nitrogen and oxygen atoms in total. The fourth-order valence-corrected chi connectivity index (χ4v) is 4.35. The van der Waals surface area contributed by atoms with Crippen LogP contribution in [-0.2, 0) is 28.5 Å². The zero-order chi connectivity index (χ0) is 32.8. The van der Waals surface area contributed by atoms with Gasteiger partial charge in [0.15, 0.2) is 24.8 Å². The van der Waals surface area contributed by atoms with E-state index in [1.807, 2.05) is 0 Å². The summed E-state index contributed by atoms with van der Waals surface area (Å²) in [4.78, 5) is 11.0. The highest BCUT2D eigenvalue weighted by atomic mass is 16.8. The van der Waals surface area contributed by atoms with E-state index in [9.17, 15) is 61.0 Å². The van der Waals surface area contributed by atoms with E-state index < -0.39 is 118 Å². The lowest BCUT2D eigenvalue weighted by Crippen LogP contribution is -2.66. The van der Waals surface area contributed by atoms with Gasteiger partial charge in [-0.1, -0.05) is 0 Å². The molecule has 3 fully saturated rings. The Morgan fingerprint density at radius 2 is 1.12 bits per heavy atom. The van der Waals surface area contributed by atoms with Gasteiger partial charge in [0, 0.05) is 7.05 Å². The lowest BCUT2D eigenvalue weighted by atomic mass is 9.96. The van der Waals surface area contributed by atoms with Crippen LogP contribution in [0.4, 0.5) is 0 Å². The summed E-state index contributed by atoms with van der Waals surface area (Å²) in [6.45, 7) is -2.55. The number of likely N-dealkylation sites (N-methyl/N-ethyl adjacent to an activating group) is 1. The molecule has 0 aromatic heterocycles. The van der Waals surface area contributed by atoms with Crippen LogP contribution in [0.2, 0.25) is 0 Å². The molecule has 21 heteroatoms. The molecule has 0 amide bonds. The quantitative estimate of drug-likeness (QED) is 0.0825. The molecule has 3 saturated heterocycles. The largest absolute Gasteiger partial charge is 0.480 e. The van der Waals surface area contributed by atoms with E-state index in [0.717, 1.165) is 4.90 Å². The van der Waals surface area contributed by atoms with Crippen LogP contribution in [0.25, 0.3) is 0 Å². The molecular formula is C22H41N3O18. The highest BCUT2D eigenvalue weighted by Crippen LogP contribution is 2.32. The van der Waals surface area contributed by atoms with Crippen molar-refractivity contribution >= 4 is 11.9 Å². The molecule has 3 heterocycles. The summed E-state index contributed by atoms with van der Waals surface area (Å²) in [5.41, 5.74) is 4.93. The van der Waals surface area contributed by atoms with E-state index in [4.69, 9.17) is 39.9 Å². The van der Waals surface area contributed by atoms with E-state index >= 15 is 0 Å². The van der Waals surface area contributed by atoms with E-state index in [2.05, 4.69) is 0 Å². The molecule has 3 rings (SSSR count). The molecule has 0 bridgehead atoms. The minimum atomic E-state index is -1.91. The normalized spacial score (nSPS) is 43.3. The first-order chi connectivity index (χ1) is 20.1. The summed E-state index contributed by atoms with van der Waals surface area (Å²) in [5, 5.41) is 124. The summed E-state index contributed by atoms with van der Waals surface area (Å²) in [6.07, 6.45) is -25.1. The number of hydrogen-bond donors (Lipinski definition) is 14. The number of aliphatic hydroxyl groups excluding tert-OH is 11. The number of nitrogens with two attached hydrogens (primary N) is 1. The number of carboxylic acid groups (broad SMARTS) is 1. The van der Waals surface area contributed by atoms with E-state index in [1.54, 1.807) is 0 Å². The van der Waals surface area contributed by atoms with Gasteiger partial charge in [-0.3, -0.25) is 10.2 Å². The molecular weight excluding hydrogens is 594 g/mol. The van der Waals surface area contributed by atoms with Gasteiger partial charge in [0.25, 0.3) is 0 Å². The standard InChI is InChI=1S/C18H32O16.C4H9N3O2/c19-1-4-7(22)8(23)12(27)17(31-4)34-15-6(3-21)32-18(13(28)10(15)25)33-14-5(2-20)30-16(29)11(26)9(14)24;1-7(4(5)6)2-3(8)9/h4-29H,1-3H2;2H2,1H3,(H3,5,6)(H,8,9)/t4-,5-,6-,7-,8+,9?,10-,11?,12-,13?,14-,15-,16?,17?,18?;/m1./s1. The van der Waals surface area contributed by atoms with Crippen molar-refractivity contribution in [3.63, 3.8) is 0 Å². The maximum atomic E-state index is 10.6. The van der Waals surface area contributed by atoms with Gasteiger partial charge in [0.05, 0.1) is 19.8 Å². The SMILES string of the molecule is CN(CC(=O)O)C(=N)N.OC[C@H]1OC(O[C@H]2[C@H](O)C(O)C(O[C@H]3C(O)C(O)C(O)O[C@@H]3CO)O[C@@H]2CO)[C@H](O)[C@@H](O)[C@@H]1O. The Morgan fingerprint density at radius 3 is 1.53 bits per heavy atom. The topological polar surface area (TPSA) is 359 Å². The summed E-state index contributed by atoms with van der Waals surface area (Å²) in [5.74, 6) is -1.23. The molecule has 3 aliphatic rings. The monoisotopic (exact) mass is 635 g/mol. The van der Waals surface area contributed by atoms with Gasteiger partial charge in [0.1, 0.15) is 79.8 Å². The predicted molar refractivity (Wildman–Crippen MR) is 133 cm³/mol. The first kappa shape index (κ1) is 37.3. The Kier molecular flexibility index (Phi) is 14.2. The van der Waals surface area contributed by atoms with Crippen LogP contribution in [0.5, 0.6) is 0 Å². The maximum Gasteiger partial charge on any atom is 0.323 e. The summed E-state index contributed by atoms with van der Waals surface area (Å²) in [6, 6.07) is 0. The van der Waals surface area contributed by atoms with Crippen molar-refractivity contribution in [2.24, 2.45) is 5.73 Å². The number of aliphatic carboxylic acids is 1. The molecule has 0 saturated carbocycles. The molecule has 0 aromatic rings. The van der Waals surface area contributed by atoms with Gasteiger partial charge in [-0.2, -0.15) is 0 Å². The Labute approximate surface area is 243 Å². The number of nitrogens with zero attached hydrogens (tertiary/aromatic N) is 1. The fourth-order valence-electron chi connectivity index (χ4n) is 4.35. The number of guanidine groups is 1. The predicted octanol–water partition coefficient (Wildman–Crippen LogP) is -8.68. The van der Waals surface area contributed by atoms with Gasteiger partial charge in [-0.15, -0.1) is 0 Å². The van der Waals surface area contributed by atoms with Crippen molar-refractivity contribution in [3.05, 3.63) is 0 Å². The molecule has 252 valence electrons. The lowest BCUT2D eigenvalue weighted by Gasteiger charge is -2.47. The first-order valence-corrected chi connectivity index (χ1v) is 12.9. The molecule has 15 N–H and O–H groups in total. The smallest absolute Gasteiger partial charge is 0.323 e. The average molecular weight is 636 g/mol. The van der Waals surface area contributed by atoms with Crippen molar-refractivity contribution in [1.82, 2.24) is 4.90 Å². The fraction of sp³-hybridized carbons (Fsp3) is 0.909. The van der Waals surface area contributed by atoms with Crippen LogP contribution in [-0.4, -0.2) is 204 Å². The van der Waals surface area contributed by atoms with Gasteiger partial charge >= 0.3 is 5.97 Å². The van der Waals surface area contributed by atoms with Crippen LogP contribution in [0.1, 0.15) is 0 Å². The summed E-state index contributed by atoms with van der Waals surface area (Å²) >= 11 is 0. The van der Waals surface area contributed by atoms with Crippen molar-refractivity contribution in [2.45, 2.75) is 92.1 Å². The maximum absolute atomic E-state index is 10.6. The molecule has 0 radical (unpaired) electrons. The molecule has 3 aliphatic heterocycles. The van der Waals surface area contributed by atoms with Gasteiger partial charge in [0.2, 0.25) is 0 Å². The van der Waals surface area contributed by atoms with Crippen LogP contribution < -0.4 is 5.73 Å². The third-order valence-corrected chi connectivity index (χ3v) is 6.87. The van der Waals surface area contributed by atoms with Gasteiger partial charge < -0.3 is 95.6 Å². The summed E-state index contributed by atoms with van der Waals surface area (Å²) in [7, 11) is 1.44. The second-order valence-corrected chi connectivity index (χ2v) is 9.97. The zero-order valence-electron chi connectivity index (χ0n) is 22.8. The van der Waals surface area contributed by atoms with Gasteiger partial charge in [-0.25, -0.2) is 0 Å². The average Bonchev–Trinajstić information content (AvgIpc) is 2.96. The van der Waals surface area contributed by atoms with Crippen molar-refractivity contribution in [2.75, 3.05) is 33.4 Å². The minimum absolute atomic E-state index is 0.227. The van der Waals surface area contributed by atoms with E-state index in [-0.39, 0.29) is 12.5 Å². The second-order valence-electron chi connectivity index (χ2n) is 9.97. The van der Waals surface area contributed by atoms with Gasteiger partial charge in [-0.05, 0) is 0 Å². The van der Waals surface area contributed by atoms with Crippen LogP contribution >= 0.6 is 0 Å². The Bertz CT molecular complexity index is 884. The summed E-state index contributed by atoms with van der Waals surface area (Å²) < 4.78 is 26.4. The Morgan fingerprint density at radius 1 is 0.698 bits per heavy atom.